The SMILES string of the molecule is CC(C)N(CCNc1ccc(F)cc1)CC1CC1. The van der Waals surface area contributed by atoms with Crippen molar-refractivity contribution in [3.05, 3.63) is 30.1 Å². The molecular weight excluding hydrogens is 227 g/mol. The van der Waals surface area contributed by atoms with Crippen molar-refractivity contribution in [1.29, 1.82) is 0 Å². The normalized spacial score (nSPS) is 15.4. The molecule has 0 amide bonds. The molecule has 0 aliphatic heterocycles. The molecule has 1 aromatic carbocycles. The average Bonchev–Trinajstić information content (AvgIpc) is 3.14. The van der Waals surface area contributed by atoms with E-state index in [2.05, 4.69) is 24.1 Å². The van der Waals surface area contributed by atoms with E-state index in [0.29, 0.717) is 6.04 Å². The molecule has 0 saturated heterocycles. The van der Waals surface area contributed by atoms with Crippen LogP contribution in [-0.4, -0.2) is 30.6 Å². The third kappa shape index (κ3) is 4.30. The van der Waals surface area contributed by atoms with Crippen LogP contribution in [-0.2, 0) is 0 Å². The van der Waals surface area contributed by atoms with Gasteiger partial charge >= 0.3 is 0 Å². The first-order valence-electron chi connectivity index (χ1n) is 6.88. The summed E-state index contributed by atoms with van der Waals surface area (Å²) in [4.78, 5) is 2.52. The zero-order valence-corrected chi connectivity index (χ0v) is 11.3. The highest BCUT2D eigenvalue weighted by Crippen LogP contribution is 2.30. The fourth-order valence-electron chi connectivity index (χ4n) is 2.10. The molecule has 2 nitrogen and oxygen atoms in total. The van der Waals surface area contributed by atoms with Crippen LogP contribution in [0.1, 0.15) is 26.7 Å². The van der Waals surface area contributed by atoms with Gasteiger partial charge in [0.2, 0.25) is 0 Å². The monoisotopic (exact) mass is 250 g/mol. The van der Waals surface area contributed by atoms with Crippen molar-refractivity contribution in [3.63, 3.8) is 0 Å². The van der Waals surface area contributed by atoms with E-state index >= 15 is 0 Å². The van der Waals surface area contributed by atoms with Gasteiger partial charge in [-0.3, -0.25) is 4.90 Å². The first kappa shape index (κ1) is 13.3. The molecule has 0 heterocycles. The fourth-order valence-corrected chi connectivity index (χ4v) is 2.10. The molecule has 0 bridgehead atoms. The lowest BCUT2D eigenvalue weighted by molar-refractivity contribution is 0.221. The summed E-state index contributed by atoms with van der Waals surface area (Å²) in [5.41, 5.74) is 0.992. The predicted molar refractivity (Wildman–Crippen MR) is 74.3 cm³/mol. The van der Waals surface area contributed by atoms with E-state index in [1.807, 2.05) is 0 Å². The second-order valence-electron chi connectivity index (χ2n) is 5.47. The summed E-state index contributed by atoms with van der Waals surface area (Å²) >= 11 is 0. The van der Waals surface area contributed by atoms with Gasteiger partial charge in [0.1, 0.15) is 5.82 Å². The first-order chi connectivity index (χ1) is 8.65. The molecule has 1 saturated carbocycles. The van der Waals surface area contributed by atoms with Crippen molar-refractivity contribution in [2.45, 2.75) is 32.7 Å². The number of nitrogens with one attached hydrogen (secondary N) is 1. The maximum atomic E-state index is 12.8. The molecule has 0 spiro atoms. The van der Waals surface area contributed by atoms with Gasteiger partial charge in [-0.25, -0.2) is 4.39 Å². The van der Waals surface area contributed by atoms with E-state index < -0.39 is 0 Å². The zero-order valence-electron chi connectivity index (χ0n) is 11.3. The molecule has 0 aromatic heterocycles. The lowest BCUT2D eigenvalue weighted by atomic mass is 10.2. The number of nitrogens with zero attached hydrogens (tertiary/aromatic N) is 1. The van der Waals surface area contributed by atoms with Crippen LogP contribution in [0.5, 0.6) is 0 Å². The van der Waals surface area contributed by atoms with Crippen molar-refractivity contribution in [1.82, 2.24) is 4.90 Å². The van der Waals surface area contributed by atoms with Gasteiger partial charge < -0.3 is 5.32 Å². The Balaban J connectivity index is 1.73. The Morgan fingerprint density at radius 3 is 2.50 bits per heavy atom. The summed E-state index contributed by atoms with van der Waals surface area (Å²) in [6.07, 6.45) is 2.79. The fraction of sp³-hybridized carbons (Fsp3) is 0.600. The number of rotatable bonds is 7. The van der Waals surface area contributed by atoms with Gasteiger partial charge in [0.05, 0.1) is 0 Å². The van der Waals surface area contributed by atoms with Crippen molar-refractivity contribution < 1.29 is 4.39 Å². The van der Waals surface area contributed by atoms with Gasteiger partial charge in [-0.05, 0) is 56.9 Å². The van der Waals surface area contributed by atoms with E-state index in [9.17, 15) is 4.39 Å². The minimum absolute atomic E-state index is 0.182. The van der Waals surface area contributed by atoms with Gasteiger partial charge in [-0.15, -0.1) is 0 Å². The van der Waals surface area contributed by atoms with Crippen molar-refractivity contribution in [2.75, 3.05) is 25.0 Å². The second kappa shape index (κ2) is 6.19. The van der Waals surface area contributed by atoms with Gasteiger partial charge in [-0.1, -0.05) is 0 Å². The Hall–Kier alpha value is -1.09. The number of hydrogen-bond acceptors (Lipinski definition) is 2. The Kier molecular flexibility index (Phi) is 4.59. The topological polar surface area (TPSA) is 15.3 Å². The van der Waals surface area contributed by atoms with E-state index in [1.165, 1.54) is 31.5 Å². The highest BCUT2D eigenvalue weighted by molar-refractivity contribution is 5.42. The van der Waals surface area contributed by atoms with Crippen LogP contribution in [0.2, 0.25) is 0 Å². The Morgan fingerprint density at radius 2 is 1.94 bits per heavy atom. The first-order valence-corrected chi connectivity index (χ1v) is 6.88. The lowest BCUT2D eigenvalue weighted by Gasteiger charge is -2.26. The standard InChI is InChI=1S/C15H23FN2/c1-12(2)18(11-13-3-4-13)10-9-17-15-7-5-14(16)6-8-15/h5-8,12-13,17H,3-4,9-11H2,1-2H3. The minimum atomic E-state index is -0.182. The molecule has 0 unspecified atom stereocenters. The molecule has 1 aromatic rings. The van der Waals surface area contributed by atoms with Gasteiger partial charge in [-0.2, -0.15) is 0 Å². The summed E-state index contributed by atoms with van der Waals surface area (Å²) in [7, 11) is 0. The van der Waals surface area contributed by atoms with Crippen LogP contribution < -0.4 is 5.32 Å². The Bertz CT molecular complexity index is 357. The molecule has 100 valence electrons. The second-order valence-corrected chi connectivity index (χ2v) is 5.47. The van der Waals surface area contributed by atoms with Crippen molar-refractivity contribution >= 4 is 5.69 Å². The molecule has 0 radical (unpaired) electrons. The van der Waals surface area contributed by atoms with Gasteiger partial charge in [0, 0.05) is 31.4 Å². The summed E-state index contributed by atoms with van der Waals surface area (Å²) in [5, 5.41) is 3.34. The summed E-state index contributed by atoms with van der Waals surface area (Å²) in [6, 6.07) is 7.16. The van der Waals surface area contributed by atoms with Gasteiger partial charge in [0.15, 0.2) is 0 Å². The molecule has 2 rings (SSSR count). The van der Waals surface area contributed by atoms with Crippen LogP contribution in [0.4, 0.5) is 10.1 Å². The summed E-state index contributed by atoms with van der Waals surface area (Å²) in [6.45, 7) is 7.69. The predicted octanol–water partition coefficient (Wildman–Crippen LogP) is 3.36. The zero-order chi connectivity index (χ0) is 13.0. The number of anilines is 1. The number of halogens is 1. The smallest absolute Gasteiger partial charge is 0.123 e. The van der Waals surface area contributed by atoms with E-state index in [4.69, 9.17) is 0 Å². The quantitative estimate of drug-likeness (QED) is 0.798. The molecule has 1 aliphatic carbocycles. The van der Waals surface area contributed by atoms with E-state index in [1.54, 1.807) is 12.1 Å². The van der Waals surface area contributed by atoms with Crippen molar-refractivity contribution in [2.24, 2.45) is 5.92 Å². The third-order valence-corrected chi connectivity index (χ3v) is 3.49. The Labute approximate surface area is 109 Å². The average molecular weight is 250 g/mol. The molecule has 1 fully saturated rings. The molecule has 1 aliphatic rings. The highest BCUT2D eigenvalue weighted by atomic mass is 19.1. The molecule has 0 atom stereocenters. The maximum Gasteiger partial charge on any atom is 0.123 e. The largest absolute Gasteiger partial charge is 0.384 e. The van der Waals surface area contributed by atoms with Crippen LogP contribution in [0.3, 0.4) is 0 Å². The van der Waals surface area contributed by atoms with E-state index in [-0.39, 0.29) is 5.82 Å². The van der Waals surface area contributed by atoms with Crippen LogP contribution in [0.15, 0.2) is 24.3 Å². The molecule has 1 N–H and O–H groups in total. The van der Waals surface area contributed by atoms with Gasteiger partial charge in [0.25, 0.3) is 0 Å². The maximum absolute atomic E-state index is 12.8. The summed E-state index contributed by atoms with van der Waals surface area (Å²) < 4.78 is 12.8. The molecule has 18 heavy (non-hydrogen) atoms. The minimum Gasteiger partial charge on any atom is -0.384 e. The Morgan fingerprint density at radius 1 is 1.28 bits per heavy atom. The van der Waals surface area contributed by atoms with Crippen molar-refractivity contribution in [3.8, 4) is 0 Å². The molecule has 3 heteroatoms. The lowest BCUT2D eigenvalue weighted by Crippen LogP contribution is -2.36. The van der Waals surface area contributed by atoms with Crippen LogP contribution in [0.25, 0.3) is 0 Å². The highest BCUT2D eigenvalue weighted by Gasteiger charge is 2.24. The van der Waals surface area contributed by atoms with Crippen LogP contribution in [0, 0.1) is 11.7 Å². The third-order valence-electron chi connectivity index (χ3n) is 3.49. The van der Waals surface area contributed by atoms with E-state index in [0.717, 1.165) is 24.7 Å². The summed E-state index contributed by atoms with van der Waals surface area (Å²) in [5.74, 6) is 0.747. The number of benzene rings is 1. The number of hydrogen-bond donors (Lipinski definition) is 1. The van der Waals surface area contributed by atoms with Crippen LogP contribution >= 0.6 is 0 Å². The molecular formula is C15H23FN2.